The first-order valence-electron chi connectivity index (χ1n) is 11.8. The van der Waals surface area contributed by atoms with Crippen LogP contribution in [0.5, 0.6) is 0 Å². The first-order valence-corrected chi connectivity index (χ1v) is 12.2. The van der Waals surface area contributed by atoms with Gasteiger partial charge in [0.2, 0.25) is 11.8 Å². The molecule has 8 nitrogen and oxygen atoms in total. The zero-order chi connectivity index (χ0) is 24.1. The van der Waals surface area contributed by atoms with E-state index in [2.05, 4.69) is 16.7 Å². The fraction of sp³-hybridized carbons (Fsp3) is 0.520. The molecule has 1 aromatic rings. The van der Waals surface area contributed by atoms with Gasteiger partial charge in [0.25, 0.3) is 0 Å². The Morgan fingerprint density at radius 1 is 1.35 bits per heavy atom. The molecule has 9 heteroatoms. The van der Waals surface area contributed by atoms with Crippen LogP contribution in [0.25, 0.3) is 6.08 Å². The molecule has 2 saturated heterocycles. The molecular formula is C25H29ClN4O4. The van der Waals surface area contributed by atoms with Gasteiger partial charge in [0.05, 0.1) is 6.07 Å². The molecule has 0 spiro atoms. The SMILES string of the molecule is N#C[C@H](C[C@@H]1CCCNC1=O)NC(=O)[C@@H]1C[C@H]2C[C@H]2CN1C(=O)OC/C=C/c1cccc(Cl)c1. The van der Waals surface area contributed by atoms with E-state index in [0.717, 1.165) is 18.4 Å². The smallest absolute Gasteiger partial charge is 0.410 e. The van der Waals surface area contributed by atoms with Gasteiger partial charge in [0, 0.05) is 24.0 Å². The fourth-order valence-corrected chi connectivity index (χ4v) is 5.02. The lowest BCUT2D eigenvalue weighted by Gasteiger charge is -2.34. The van der Waals surface area contributed by atoms with Gasteiger partial charge in [0.15, 0.2) is 0 Å². The highest BCUT2D eigenvalue weighted by Crippen LogP contribution is 2.47. The second-order valence-electron chi connectivity index (χ2n) is 9.25. The molecule has 180 valence electrons. The number of ether oxygens (including phenoxy) is 1. The van der Waals surface area contributed by atoms with Crippen LogP contribution in [-0.4, -0.2) is 54.6 Å². The molecule has 1 aromatic carbocycles. The fourth-order valence-electron chi connectivity index (χ4n) is 4.82. The Kier molecular flexibility index (Phi) is 7.73. The topological polar surface area (TPSA) is 112 Å². The molecule has 2 aliphatic heterocycles. The summed E-state index contributed by atoms with van der Waals surface area (Å²) in [6, 6.07) is 7.97. The Morgan fingerprint density at radius 3 is 2.97 bits per heavy atom. The minimum Gasteiger partial charge on any atom is -0.445 e. The van der Waals surface area contributed by atoms with Crippen molar-refractivity contribution in [1.29, 1.82) is 5.26 Å². The molecule has 0 unspecified atom stereocenters. The highest BCUT2D eigenvalue weighted by atomic mass is 35.5. The van der Waals surface area contributed by atoms with Crippen molar-refractivity contribution in [2.24, 2.45) is 17.8 Å². The number of nitrogens with zero attached hydrogens (tertiary/aromatic N) is 2. The van der Waals surface area contributed by atoms with Crippen LogP contribution in [0.3, 0.4) is 0 Å². The van der Waals surface area contributed by atoms with Crippen LogP contribution in [0, 0.1) is 29.1 Å². The van der Waals surface area contributed by atoms with E-state index in [1.807, 2.05) is 18.2 Å². The normalized spacial score (nSPS) is 26.7. The van der Waals surface area contributed by atoms with Gasteiger partial charge in [-0.05, 0) is 67.7 Å². The van der Waals surface area contributed by atoms with Gasteiger partial charge in [-0.15, -0.1) is 0 Å². The summed E-state index contributed by atoms with van der Waals surface area (Å²) in [6.07, 6.45) is 6.39. The van der Waals surface area contributed by atoms with Crippen molar-refractivity contribution in [3.05, 3.63) is 40.9 Å². The number of halogens is 1. The third-order valence-electron chi connectivity index (χ3n) is 6.79. The van der Waals surface area contributed by atoms with Crippen molar-refractivity contribution in [3.8, 4) is 6.07 Å². The monoisotopic (exact) mass is 484 g/mol. The van der Waals surface area contributed by atoms with Crippen molar-refractivity contribution >= 4 is 35.6 Å². The third kappa shape index (κ3) is 6.09. The molecule has 2 N–H and O–H groups in total. The van der Waals surface area contributed by atoms with Crippen LogP contribution in [-0.2, 0) is 14.3 Å². The molecule has 4 rings (SSSR count). The summed E-state index contributed by atoms with van der Waals surface area (Å²) in [6.45, 7) is 1.19. The maximum absolute atomic E-state index is 13.1. The number of amides is 3. The molecule has 34 heavy (non-hydrogen) atoms. The lowest BCUT2D eigenvalue weighted by atomic mass is 9.91. The van der Waals surface area contributed by atoms with Gasteiger partial charge < -0.3 is 15.4 Å². The number of nitrogens with one attached hydrogen (secondary N) is 2. The average molecular weight is 485 g/mol. The minimum atomic E-state index is -0.781. The maximum Gasteiger partial charge on any atom is 0.410 e. The van der Waals surface area contributed by atoms with E-state index in [4.69, 9.17) is 16.3 Å². The van der Waals surface area contributed by atoms with Crippen molar-refractivity contribution in [1.82, 2.24) is 15.5 Å². The number of rotatable bonds is 7. The first-order chi connectivity index (χ1) is 16.4. The number of fused-ring (bicyclic) bond motifs is 1. The van der Waals surface area contributed by atoms with Crippen LogP contribution in [0.1, 0.15) is 37.7 Å². The van der Waals surface area contributed by atoms with E-state index in [0.29, 0.717) is 42.8 Å². The first kappa shape index (κ1) is 24.1. The molecular weight excluding hydrogens is 456 g/mol. The van der Waals surface area contributed by atoms with Gasteiger partial charge in [-0.1, -0.05) is 29.8 Å². The molecule has 1 aliphatic carbocycles. The lowest BCUT2D eigenvalue weighted by molar-refractivity contribution is -0.129. The molecule has 3 amide bonds. The Hall–Kier alpha value is -3.05. The number of piperidine rings is 2. The van der Waals surface area contributed by atoms with Crippen molar-refractivity contribution in [2.75, 3.05) is 19.7 Å². The number of hydrogen-bond acceptors (Lipinski definition) is 5. The van der Waals surface area contributed by atoms with Crippen LogP contribution < -0.4 is 10.6 Å². The van der Waals surface area contributed by atoms with Crippen LogP contribution >= 0.6 is 11.6 Å². The van der Waals surface area contributed by atoms with Gasteiger partial charge in [-0.2, -0.15) is 5.26 Å². The second-order valence-corrected chi connectivity index (χ2v) is 9.69. The minimum absolute atomic E-state index is 0.0713. The van der Waals surface area contributed by atoms with Crippen LogP contribution in [0.2, 0.25) is 5.02 Å². The quantitative estimate of drug-likeness (QED) is 0.617. The van der Waals surface area contributed by atoms with Crippen molar-refractivity contribution in [2.45, 2.75) is 44.2 Å². The molecule has 3 fully saturated rings. The molecule has 0 bridgehead atoms. The van der Waals surface area contributed by atoms with E-state index < -0.39 is 18.2 Å². The molecule has 0 aromatic heterocycles. The molecule has 0 radical (unpaired) electrons. The summed E-state index contributed by atoms with van der Waals surface area (Å²) in [7, 11) is 0. The number of nitriles is 1. The van der Waals surface area contributed by atoms with Crippen LogP contribution in [0.15, 0.2) is 30.3 Å². The molecule has 1 saturated carbocycles. The predicted octanol–water partition coefficient (Wildman–Crippen LogP) is 3.12. The summed E-state index contributed by atoms with van der Waals surface area (Å²) >= 11 is 5.98. The predicted molar refractivity (Wildman–Crippen MR) is 126 cm³/mol. The van der Waals surface area contributed by atoms with E-state index >= 15 is 0 Å². The third-order valence-corrected chi connectivity index (χ3v) is 7.03. The van der Waals surface area contributed by atoms with Crippen molar-refractivity contribution < 1.29 is 19.1 Å². The Bertz CT molecular complexity index is 1010. The second kappa shape index (κ2) is 10.9. The molecule has 3 aliphatic rings. The van der Waals surface area contributed by atoms with E-state index in [9.17, 15) is 19.6 Å². The van der Waals surface area contributed by atoms with Gasteiger partial charge >= 0.3 is 6.09 Å². The standard InChI is InChI=1S/C25H29ClN4O4/c26-20-7-1-4-16(10-20)5-3-9-34-25(33)30-15-19-11-18(19)13-22(30)24(32)29-21(14-27)12-17-6-2-8-28-23(17)31/h1,3-5,7,10,17-19,21-22H,2,6,8-9,11-13,15H2,(H,28,31)(H,29,32)/b5-3+/t17-,18+,19-,21-,22-/m0/s1. The summed E-state index contributed by atoms with van der Waals surface area (Å²) in [5, 5.41) is 15.8. The number of benzene rings is 1. The average Bonchev–Trinajstić information content (AvgIpc) is 3.60. The zero-order valence-corrected chi connectivity index (χ0v) is 19.7. The number of carbonyl (C=O) groups is 3. The lowest BCUT2D eigenvalue weighted by Crippen LogP contribution is -2.54. The largest absolute Gasteiger partial charge is 0.445 e. The Morgan fingerprint density at radius 2 is 2.21 bits per heavy atom. The summed E-state index contributed by atoms with van der Waals surface area (Å²) in [5.41, 5.74) is 0.897. The van der Waals surface area contributed by atoms with E-state index in [1.54, 1.807) is 18.2 Å². The highest BCUT2D eigenvalue weighted by Gasteiger charge is 2.50. The van der Waals surface area contributed by atoms with E-state index in [-0.39, 0.29) is 30.8 Å². The van der Waals surface area contributed by atoms with Crippen molar-refractivity contribution in [3.63, 3.8) is 0 Å². The summed E-state index contributed by atoms with van der Waals surface area (Å²) in [5.74, 6) is 0.100. The Labute approximate surface area is 204 Å². The van der Waals surface area contributed by atoms with Crippen LogP contribution in [0.4, 0.5) is 4.79 Å². The molecule has 2 heterocycles. The van der Waals surface area contributed by atoms with Gasteiger partial charge in [-0.3, -0.25) is 14.5 Å². The molecule has 5 atom stereocenters. The summed E-state index contributed by atoms with van der Waals surface area (Å²) < 4.78 is 5.42. The van der Waals surface area contributed by atoms with Gasteiger partial charge in [0.1, 0.15) is 18.7 Å². The number of carbonyl (C=O) groups excluding carboxylic acids is 3. The number of likely N-dealkylation sites (tertiary alicyclic amines) is 1. The van der Waals surface area contributed by atoms with Gasteiger partial charge in [-0.25, -0.2) is 4.79 Å². The zero-order valence-electron chi connectivity index (χ0n) is 18.9. The highest BCUT2D eigenvalue weighted by molar-refractivity contribution is 6.30. The Balaban J connectivity index is 1.33. The number of hydrogen-bond donors (Lipinski definition) is 2. The van der Waals surface area contributed by atoms with E-state index in [1.165, 1.54) is 4.90 Å². The maximum atomic E-state index is 13.1. The summed E-state index contributed by atoms with van der Waals surface area (Å²) in [4.78, 5) is 39.4.